The molecule has 3 heterocycles. The van der Waals surface area contributed by atoms with Crippen LogP contribution in [0.25, 0.3) is 0 Å². The normalized spacial score (nSPS) is 15.3. The van der Waals surface area contributed by atoms with E-state index >= 15 is 0 Å². The van der Waals surface area contributed by atoms with Crippen molar-refractivity contribution in [2.24, 2.45) is 7.05 Å². The Morgan fingerprint density at radius 1 is 1.25 bits per heavy atom. The summed E-state index contributed by atoms with van der Waals surface area (Å²) >= 11 is 0. The summed E-state index contributed by atoms with van der Waals surface area (Å²) in [5, 5.41) is 9.17. The third-order valence-electron chi connectivity index (χ3n) is 4.91. The molecule has 1 aliphatic rings. The Bertz CT molecular complexity index is 831. The highest BCUT2D eigenvalue weighted by atomic mass is 16.1. The van der Waals surface area contributed by atoms with Gasteiger partial charge in [-0.1, -0.05) is 0 Å². The van der Waals surface area contributed by atoms with Crippen molar-refractivity contribution in [1.29, 1.82) is 5.26 Å². The third kappa shape index (κ3) is 3.05. The van der Waals surface area contributed by atoms with Crippen LogP contribution in [-0.2, 0) is 7.05 Å². The zero-order chi connectivity index (χ0) is 17.3. The Kier molecular flexibility index (Phi) is 4.39. The number of aryl methyl sites for hydroxylation is 3. The van der Waals surface area contributed by atoms with Gasteiger partial charge in [0.2, 0.25) is 0 Å². The van der Waals surface area contributed by atoms with E-state index in [-0.39, 0.29) is 5.56 Å². The molecule has 5 nitrogen and oxygen atoms in total. The van der Waals surface area contributed by atoms with Crippen LogP contribution in [-0.4, -0.2) is 22.6 Å². The molecule has 2 aromatic rings. The van der Waals surface area contributed by atoms with E-state index in [0.29, 0.717) is 11.5 Å². The number of nitriles is 1. The van der Waals surface area contributed by atoms with Crippen molar-refractivity contribution in [2.75, 3.05) is 18.0 Å². The number of rotatable bonds is 2. The zero-order valence-electron chi connectivity index (χ0n) is 14.4. The number of piperidine rings is 1. The smallest absolute Gasteiger partial charge is 0.250 e. The lowest BCUT2D eigenvalue weighted by Gasteiger charge is -2.33. The standard InChI is InChI=1S/C19H22N4O/c1-13-10-18(21-14(2)17(13)12-20)23-8-5-15(6-9-23)16-4-7-22(3)19(24)11-16/h4,7,10-11,15H,5-6,8-9H2,1-3H3. The van der Waals surface area contributed by atoms with Gasteiger partial charge in [-0.25, -0.2) is 4.98 Å². The maximum absolute atomic E-state index is 11.8. The maximum Gasteiger partial charge on any atom is 0.250 e. The molecule has 0 bridgehead atoms. The molecule has 0 unspecified atom stereocenters. The van der Waals surface area contributed by atoms with Crippen LogP contribution >= 0.6 is 0 Å². The summed E-state index contributed by atoms with van der Waals surface area (Å²) in [5.74, 6) is 1.38. The molecule has 0 N–H and O–H groups in total. The van der Waals surface area contributed by atoms with Gasteiger partial charge in [-0.05, 0) is 55.9 Å². The van der Waals surface area contributed by atoms with Gasteiger partial charge in [-0.3, -0.25) is 4.79 Å². The second-order valence-electron chi connectivity index (χ2n) is 6.54. The van der Waals surface area contributed by atoms with Crippen LogP contribution < -0.4 is 10.5 Å². The van der Waals surface area contributed by atoms with Crippen molar-refractivity contribution < 1.29 is 0 Å². The number of nitrogens with zero attached hydrogens (tertiary/aromatic N) is 4. The highest BCUT2D eigenvalue weighted by Crippen LogP contribution is 2.30. The van der Waals surface area contributed by atoms with Gasteiger partial charge in [-0.15, -0.1) is 0 Å². The van der Waals surface area contributed by atoms with Gasteiger partial charge in [0.05, 0.1) is 11.3 Å². The van der Waals surface area contributed by atoms with E-state index in [4.69, 9.17) is 0 Å². The molecule has 5 heteroatoms. The quantitative estimate of drug-likeness (QED) is 0.853. The van der Waals surface area contributed by atoms with Crippen LogP contribution in [0.2, 0.25) is 0 Å². The second-order valence-corrected chi connectivity index (χ2v) is 6.54. The van der Waals surface area contributed by atoms with Crippen molar-refractivity contribution in [3.8, 4) is 6.07 Å². The Labute approximate surface area is 142 Å². The van der Waals surface area contributed by atoms with E-state index in [1.54, 1.807) is 17.7 Å². The summed E-state index contributed by atoms with van der Waals surface area (Å²) in [4.78, 5) is 18.7. The van der Waals surface area contributed by atoms with E-state index in [1.807, 2.05) is 26.1 Å². The Morgan fingerprint density at radius 3 is 2.54 bits per heavy atom. The van der Waals surface area contributed by atoms with Crippen LogP contribution in [0.3, 0.4) is 0 Å². The number of aromatic nitrogens is 2. The zero-order valence-corrected chi connectivity index (χ0v) is 14.4. The molecule has 24 heavy (non-hydrogen) atoms. The monoisotopic (exact) mass is 322 g/mol. The summed E-state index contributed by atoms with van der Waals surface area (Å²) in [7, 11) is 1.77. The minimum Gasteiger partial charge on any atom is -0.357 e. The molecule has 3 rings (SSSR count). The summed E-state index contributed by atoms with van der Waals surface area (Å²) in [5.41, 5.74) is 3.64. The van der Waals surface area contributed by atoms with E-state index < -0.39 is 0 Å². The van der Waals surface area contributed by atoms with Gasteiger partial charge in [0.1, 0.15) is 11.9 Å². The third-order valence-corrected chi connectivity index (χ3v) is 4.91. The minimum atomic E-state index is 0.0509. The fourth-order valence-electron chi connectivity index (χ4n) is 3.40. The molecule has 1 fully saturated rings. The molecule has 1 aliphatic heterocycles. The van der Waals surface area contributed by atoms with Crippen LogP contribution in [0, 0.1) is 25.2 Å². The predicted molar refractivity (Wildman–Crippen MR) is 94.3 cm³/mol. The maximum atomic E-state index is 11.8. The average Bonchev–Trinajstić information content (AvgIpc) is 2.57. The molecule has 0 saturated carbocycles. The van der Waals surface area contributed by atoms with Crippen molar-refractivity contribution in [3.63, 3.8) is 0 Å². The van der Waals surface area contributed by atoms with E-state index in [0.717, 1.165) is 48.6 Å². The molecule has 0 radical (unpaired) electrons. The largest absolute Gasteiger partial charge is 0.357 e. The van der Waals surface area contributed by atoms with Gasteiger partial charge >= 0.3 is 0 Å². The first-order valence-corrected chi connectivity index (χ1v) is 8.29. The number of hydrogen-bond donors (Lipinski definition) is 0. The molecule has 0 aliphatic carbocycles. The molecule has 0 aromatic carbocycles. The summed E-state index contributed by atoms with van der Waals surface area (Å²) < 4.78 is 1.60. The second kappa shape index (κ2) is 6.48. The molecule has 124 valence electrons. The van der Waals surface area contributed by atoms with E-state index in [2.05, 4.69) is 22.0 Å². The predicted octanol–water partition coefficient (Wildman–Crippen LogP) is 2.65. The number of anilines is 1. The fourth-order valence-corrected chi connectivity index (χ4v) is 3.40. The van der Waals surface area contributed by atoms with Crippen molar-refractivity contribution in [1.82, 2.24) is 9.55 Å². The first-order chi connectivity index (χ1) is 11.5. The highest BCUT2D eigenvalue weighted by Gasteiger charge is 2.22. The van der Waals surface area contributed by atoms with Crippen LogP contribution in [0.5, 0.6) is 0 Å². The molecule has 1 saturated heterocycles. The summed E-state index contributed by atoms with van der Waals surface area (Å²) in [6.07, 6.45) is 3.86. The average molecular weight is 322 g/mol. The summed E-state index contributed by atoms with van der Waals surface area (Å²) in [6, 6.07) is 8.03. The molecule has 2 aromatic heterocycles. The van der Waals surface area contributed by atoms with Gasteiger partial charge in [0, 0.05) is 32.4 Å². The topological polar surface area (TPSA) is 61.9 Å². The lowest BCUT2D eigenvalue weighted by molar-refractivity contribution is 0.501. The number of hydrogen-bond acceptors (Lipinski definition) is 4. The van der Waals surface area contributed by atoms with E-state index in [9.17, 15) is 10.1 Å². The first kappa shape index (κ1) is 16.3. The Balaban J connectivity index is 1.74. The van der Waals surface area contributed by atoms with Crippen molar-refractivity contribution >= 4 is 5.82 Å². The van der Waals surface area contributed by atoms with Crippen LogP contribution in [0.15, 0.2) is 29.2 Å². The summed E-state index contributed by atoms with van der Waals surface area (Å²) in [6.45, 7) is 5.68. The lowest BCUT2D eigenvalue weighted by Crippen LogP contribution is -2.34. The minimum absolute atomic E-state index is 0.0509. The van der Waals surface area contributed by atoms with Gasteiger partial charge in [0.25, 0.3) is 5.56 Å². The fraction of sp³-hybridized carbons (Fsp3) is 0.421. The van der Waals surface area contributed by atoms with E-state index in [1.165, 1.54) is 0 Å². The lowest BCUT2D eigenvalue weighted by atomic mass is 9.90. The van der Waals surface area contributed by atoms with Crippen LogP contribution in [0.1, 0.15) is 41.1 Å². The molecular weight excluding hydrogens is 300 g/mol. The Morgan fingerprint density at radius 2 is 1.96 bits per heavy atom. The first-order valence-electron chi connectivity index (χ1n) is 8.29. The van der Waals surface area contributed by atoms with Gasteiger partial charge < -0.3 is 9.47 Å². The Hall–Kier alpha value is -2.61. The van der Waals surface area contributed by atoms with Crippen LogP contribution in [0.4, 0.5) is 5.82 Å². The van der Waals surface area contributed by atoms with Crippen molar-refractivity contribution in [3.05, 3.63) is 57.1 Å². The van der Waals surface area contributed by atoms with Crippen molar-refractivity contribution in [2.45, 2.75) is 32.6 Å². The molecule has 0 spiro atoms. The molecule has 0 atom stereocenters. The molecule has 0 amide bonds. The van der Waals surface area contributed by atoms with Gasteiger partial charge in [0.15, 0.2) is 0 Å². The van der Waals surface area contributed by atoms with Gasteiger partial charge in [-0.2, -0.15) is 5.26 Å². The highest BCUT2D eigenvalue weighted by molar-refractivity contribution is 5.50. The molecular formula is C19H22N4O. The number of pyridine rings is 2. The SMILES string of the molecule is Cc1cc(N2CCC(c3ccn(C)c(=O)c3)CC2)nc(C)c1C#N.